The predicted octanol–water partition coefficient (Wildman–Crippen LogP) is 2.17. The van der Waals surface area contributed by atoms with E-state index in [1.807, 2.05) is 11.9 Å². The quantitative estimate of drug-likeness (QED) is 0.454. The Morgan fingerprint density at radius 3 is 2.52 bits per heavy atom. The van der Waals surface area contributed by atoms with Gasteiger partial charge in [-0.15, -0.1) is 0 Å². The number of nitrogens with one attached hydrogen (secondary N) is 3. The van der Waals surface area contributed by atoms with Crippen LogP contribution in [0.5, 0.6) is 0 Å². The third kappa shape index (κ3) is 4.45. The van der Waals surface area contributed by atoms with Crippen LogP contribution < -0.4 is 16.0 Å². The highest BCUT2D eigenvalue weighted by molar-refractivity contribution is 5.96. The third-order valence-electron chi connectivity index (χ3n) is 6.49. The maximum atomic E-state index is 12.6. The van der Waals surface area contributed by atoms with Crippen LogP contribution in [0.25, 0.3) is 0 Å². The van der Waals surface area contributed by atoms with Gasteiger partial charge < -0.3 is 20.9 Å². The van der Waals surface area contributed by atoms with Gasteiger partial charge in [-0.05, 0) is 44.8 Å². The van der Waals surface area contributed by atoms with Gasteiger partial charge in [0.05, 0.1) is 5.70 Å². The number of anilines is 2. The zero-order valence-corrected chi connectivity index (χ0v) is 17.9. The monoisotopic (exact) mass is 424 g/mol. The van der Waals surface area contributed by atoms with E-state index < -0.39 is 5.66 Å². The van der Waals surface area contributed by atoms with Crippen molar-refractivity contribution in [2.75, 3.05) is 17.7 Å². The molecule has 3 aliphatic rings. The molecular formula is C22H28N6O3. The molecule has 2 amide bonds. The Kier molecular flexibility index (Phi) is 5.75. The van der Waals surface area contributed by atoms with Gasteiger partial charge in [0.2, 0.25) is 5.91 Å². The molecule has 0 aromatic carbocycles. The summed E-state index contributed by atoms with van der Waals surface area (Å²) < 4.78 is 0. The zero-order valence-electron chi connectivity index (χ0n) is 17.9. The molecule has 9 heteroatoms. The Morgan fingerprint density at radius 2 is 1.87 bits per heavy atom. The molecule has 2 heterocycles. The molecule has 9 nitrogen and oxygen atoms in total. The molecule has 1 atom stereocenters. The van der Waals surface area contributed by atoms with Gasteiger partial charge in [0.15, 0.2) is 6.29 Å². The third-order valence-corrected chi connectivity index (χ3v) is 6.49. The number of carbonyl (C=O) groups excluding carboxylic acids is 3. The van der Waals surface area contributed by atoms with Gasteiger partial charge in [-0.2, -0.15) is 0 Å². The van der Waals surface area contributed by atoms with Crippen molar-refractivity contribution in [3.63, 3.8) is 0 Å². The zero-order chi connectivity index (χ0) is 22.0. The molecular weight excluding hydrogens is 396 g/mol. The van der Waals surface area contributed by atoms with E-state index in [2.05, 4.69) is 32.8 Å². The number of aromatic nitrogens is 2. The smallest absolute Gasteiger partial charge is 0.269 e. The summed E-state index contributed by atoms with van der Waals surface area (Å²) in [5.41, 5.74) is 0.334. The average molecular weight is 425 g/mol. The van der Waals surface area contributed by atoms with E-state index in [9.17, 15) is 14.4 Å². The number of nitrogens with zero attached hydrogens (tertiary/aromatic N) is 3. The van der Waals surface area contributed by atoms with Gasteiger partial charge in [-0.1, -0.05) is 12.8 Å². The van der Waals surface area contributed by atoms with Crippen LogP contribution in [-0.2, 0) is 14.4 Å². The number of allylic oxidation sites excluding steroid dienone is 3. The highest BCUT2D eigenvalue weighted by Gasteiger charge is 2.47. The Bertz CT molecular complexity index is 948. The summed E-state index contributed by atoms with van der Waals surface area (Å²) >= 11 is 0. The van der Waals surface area contributed by atoms with Crippen LogP contribution in [0.15, 0.2) is 35.9 Å². The van der Waals surface area contributed by atoms with Crippen molar-refractivity contribution in [1.29, 1.82) is 0 Å². The fourth-order valence-electron chi connectivity index (χ4n) is 4.33. The van der Waals surface area contributed by atoms with Crippen LogP contribution in [0.2, 0.25) is 0 Å². The number of likely N-dealkylation sites (N-methyl/N-ethyl adjacent to an activating group) is 1. The molecule has 2 saturated carbocycles. The highest BCUT2D eigenvalue weighted by atomic mass is 16.2. The van der Waals surface area contributed by atoms with E-state index in [4.69, 9.17) is 0 Å². The second-order valence-electron chi connectivity index (χ2n) is 8.61. The normalized spacial score (nSPS) is 25.6. The van der Waals surface area contributed by atoms with Crippen molar-refractivity contribution in [2.45, 2.75) is 51.1 Å². The SMILES string of the molecule is CN1/C(=C\C=C(/C=O)Nc2cc(NC(=O)C3CC3)ncn2)C(=O)NC1(C)C1CCCC1. The second-order valence-corrected chi connectivity index (χ2v) is 8.61. The van der Waals surface area contributed by atoms with Crippen molar-refractivity contribution in [3.8, 4) is 0 Å². The first-order chi connectivity index (χ1) is 14.9. The van der Waals surface area contributed by atoms with Gasteiger partial charge in [-0.25, -0.2) is 9.97 Å². The van der Waals surface area contributed by atoms with Crippen LogP contribution in [0, 0.1) is 11.8 Å². The molecule has 0 bridgehead atoms. The summed E-state index contributed by atoms with van der Waals surface area (Å²) in [5, 5.41) is 8.79. The van der Waals surface area contributed by atoms with E-state index in [1.165, 1.54) is 19.2 Å². The van der Waals surface area contributed by atoms with E-state index >= 15 is 0 Å². The molecule has 2 aliphatic carbocycles. The lowest BCUT2D eigenvalue weighted by molar-refractivity contribution is -0.118. The highest BCUT2D eigenvalue weighted by Crippen LogP contribution is 2.39. The minimum absolute atomic E-state index is 0.0545. The molecule has 3 N–H and O–H groups in total. The summed E-state index contributed by atoms with van der Waals surface area (Å²) in [5.74, 6) is 1.02. The first-order valence-corrected chi connectivity index (χ1v) is 10.7. The molecule has 3 fully saturated rings. The van der Waals surface area contributed by atoms with E-state index in [-0.39, 0.29) is 23.4 Å². The number of carbonyl (C=O) groups is 3. The van der Waals surface area contributed by atoms with Crippen molar-refractivity contribution in [2.24, 2.45) is 11.8 Å². The molecule has 1 aromatic rings. The molecule has 1 aromatic heterocycles. The average Bonchev–Trinajstić information content (AvgIpc) is 3.40. The number of rotatable bonds is 7. The summed E-state index contributed by atoms with van der Waals surface area (Å²) in [4.78, 5) is 46.2. The summed E-state index contributed by atoms with van der Waals surface area (Å²) in [6.45, 7) is 2.06. The minimum atomic E-state index is -0.413. The van der Waals surface area contributed by atoms with Crippen LogP contribution in [0.4, 0.5) is 11.6 Å². The lowest BCUT2D eigenvalue weighted by Gasteiger charge is -2.38. The van der Waals surface area contributed by atoms with E-state index in [0.717, 1.165) is 25.7 Å². The van der Waals surface area contributed by atoms with Crippen molar-refractivity contribution >= 4 is 29.7 Å². The first-order valence-electron chi connectivity index (χ1n) is 10.7. The summed E-state index contributed by atoms with van der Waals surface area (Å²) in [6, 6.07) is 1.57. The molecule has 0 spiro atoms. The van der Waals surface area contributed by atoms with Crippen molar-refractivity contribution in [3.05, 3.63) is 35.9 Å². The van der Waals surface area contributed by atoms with Crippen molar-refractivity contribution < 1.29 is 14.4 Å². The number of hydrogen-bond acceptors (Lipinski definition) is 7. The number of aldehydes is 1. The van der Waals surface area contributed by atoms with E-state index in [1.54, 1.807) is 18.2 Å². The summed E-state index contributed by atoms with van der Waals surface area (Å²) in [7, 11) is 1.91. The Balaban J connectivity index is 1.47. The van der Waals surface area contributed by atoms with Crippen LogP contribution >= 0.6 is 0 Å². The second kappa shape index (κ2) is 8.49. The van der Waals surface area contributed by atoms with Gasteiger partial charge in [-0.3, -0.25) is 14.4 Å². The number of hydrogen-bond donors (Lipinski definition) is 3. The predicted molar refractivity (Wildman–Crippen MR) is 116 cm³/mol. The van der Waals surface area contributed by atoms with Crippen LogP contribution in [0.1, 0.15) is 45.4 Å². The standard InChI is InChI=1S/C22H28N6O3/c1-22(15-5-3-4-6-15)27-21(31)17(28(22)2)10-9-16(12-29)25-18-11-19(24-13-23-18)26-20(30)14-7-8-14/h9-15H,3-8H2,1-2H3,(H,27,31)(H2,23,24,25,26,30)/b16-9+,17-10-. The maximum absolute atomic E-state index is 12.6. The lowest BCUT2D eigenvalue weighted by atomic mass is 9.92. The molecule has 1 aliphatic heterocycles. The van der Waals surface area contributed by atoms with E-state index in [0.29, 0.717) is 29.5 Å². The molecule has 4 rings (SSSR count). The van der Waals surface area contributed by atoms with Gasteiger partial charge in [0.1, 0.15) is 29.3 Å². The Hall–Kier alpha value is -3.23. The molecule has 164 valence electrons. The fraction of sp³-hybridized carbons (Fsp3) is 0.500. The lowest BCUT2D eigenvalue weighted by Crippen LogP contribution is -2.52. The van der Waals surface area contributed by atoms with Gasteiger partial charge >= 0.3 is 0 Å². The molecule has 1 unspecified atom stereocenters. The van der Waals surface area contributed by atoms with Crippen LogP contribution in [-0.4, -0.2) is 45.7 Å². The van der Waals surface area contributed by atoms with Gasteiger partial charge in [0.25, 0.3) is 5.91 Å². The van der Waals surface area contributed by atoms with Gasteiger partial charge in [0, 0.05) is 24.9 Å². The molecule has 1 saturated heterocycles. The summed E-state index contributed by atoms with van der Waals surface area (Å²) in [6.07, 6.45) is 11.5. The van der Waals surface area contributed by atoms with Crippen molar-refractivity contribution in [1.82, 2.24) is 20.2 Å². The minimum Gasteiger partial charge on any atom is -0.347 e. The topological polar surface area (TPSA) is 116 Å². The fourth-order valence-corrected chi connectivity index (χ4v) is 4.33. The number of amides is 2. The first kappa shape index (κ1) is 21.0. The Labute approximate surface area is 181 Å². The maximum Gasteiger partial charge on any atom is 0.269 e. The van der Waals surface area contributed by atoms with Crippen LogP contribution in [0.3, 0.4) is 0 Å². The molecule has 31 heavy (non-hydrogen) atoms. The molecule has 0 radical (unpaired) electrons. The largest absolute Gasteiger partial charge is 0.347 e. The Morgan fingerprint density at radius 1 is 1.19 bits per heavy atom.